The molecule has 0 unspecified atom stereocenters. The molecule has 0 spiro atoms. The molecule has 2 N–H and O–H groups in total. The Kier molecular flexibility index (Phi) is 5.40. The van der Waals surface area contributed by atoms with E-state index in [2.05, 4.69) is 80.6 Å². The fourth-order valence-electron chi connectivity index (χ4n) is 3.88. The molecule has 0 fully saturated rings. The molecule has 30 heavy (non-hydrogen) atoms. The third kappa shape index (κ3) is 3.72. The van der Waals surface area contributed by atoms with Crippen molar-refractivity contribution < 1.29 is 0 Å². The maximum atomic E-state index is 8.20. The van der Waals surface area contributed by atoms with Crippen LogP contribution < -0.4 is 10.4 Å². The van der Waals surface area contributed by atoms with Gasteiger partial charge >= 0.3 is 0 Å². The summed E-state index contributed by atoms with van der Waals surface area (Å²) in [6.45, 7) is 4.28. The largest absolute Gasteiger partial charge is 0.299 e. The van der Waals surface area contributed by atoms with Gasteiger partial charge in [-0.2, -0.15) is 0 Å². The van der Waals surface area contributed by atoms with E-state index in [4.69, 9.17) is 10.8 Å². The second-order valence-corrected chi connectivity index (χ2v) is 7.49. The summed E-state index contributed by atoms with van der Waals surface area (Å²) in [4.78, 5) is 0. The zero-order valence-corrected chi connectivity index (χ0v) is 17.2. The van der Waals surface area contributed by atoms with Crippen LogP contribution in [0.25, 0.3) is 11.1 Å². The lowest BCUT2D eigenvalue weighted by molar-refractivity contribution is 1.37. The molecular weight excluding hydrogens is 364 g/mol. The third-order valence-corrected chi connectivity index (χ3v) is 5.53. The van der Waals surface area contributed by atoms with Crippen molar-refractivity contribution in [3.63, 3.8) is 0 Å². The van der Waals surface area contributed by atoms with Crippen LogP contribution >= 0.6 is 0 Å². The minimum Gasteiger partial charge on any atom is -0.299 e. The Bertz CT molecular complexity index is 1320. The number of nitrogens with one attached hydrogen (secondary N) is 2. The molecule has 3 aromatic rings. The average Bonchev–Trinajstić information content (AvgIpc) is 2.78. The zero-order chi connectivity index (χ0) is 21.1. The molecule has 0 heterocycles. The Morgan fingerprint density at radius 3 is 2.00 bits per heavy atom. The monoisotopic (exact) mass is 388 g/mol. The van der Waals surface area contributed by atoms with E-state index in [1.54, 1.807) is 12.2 Å². The second kappa shape index (κ2) is 8.30. The first-order valence-corrected chi connectivity index (χ1v) is 10.1. The van der Waals surface area contributed by atoms with Crippen LogP contribution in [0.2, 0.25) is 0 Å². The number of hydrogen-bond acceptors (Lipinski definition) is 2. The fourth-order valence-corrected chi connectivity index (χ4v) is 3.88. The van der Waals surface area contributed by atoms with Crippen LogP contribution in [-0.2, 0) is 0 Å². The molecule has 146 valence electrons. The lowest BCUT2D eigenvalue weighted by Gasteiger charge is -2.16. The number of benzene rings is 3. The van der Waals surface area contributed by atoms with E-state index in [-0.39, 0.29) is 11.4 Å². The van der Waals surface area contributed by atoms with Gasteiger partial charge in [0.1, 0.15) is 0 Å². The van der Waals surface area contributed by atoms with Gasteiger partial charge in [-0.05, 0) is 69.8 Å². The smallest absolute Gasteiger partial charge is 0.0795 e. The normalized spacial score (nSPS) is 15.6. The predicted molar refractivity (Wildman–Crippen MR) is 127 cm³/mol. The highest BCUT2D eigenvalue weighted by Gasteiger charge is 2.15. The summed E-state index contributed by atoms with van der Waals surface area (Å²) in [5.74, 6) is 0. The maximum Gasteiger partial charge on any atom is 0.0795 e. The summed E-state index contributed by atoms with van der Waals surface area (Å²) in [7, 11) is 0. The molecule has 0 bridgehead atoms. The van der Waals surface area contributed by atoms with Crippen molar-refractivity contribution in [2.75, 3.05) is 0 Å². The highest BCUT2D eigenvalue weighted by atomic mass is 14.5. The molecule has 0 aromatic heterocycles. The van der Waals surface area contributed by atoms with Crippen LogP contribution in [0.4, 0.5) is 0 Å². The molecule has 2 heteroatoms. The molecule has 0 saturated heterocycles. The lowest BCUT2D eigenvalue weighted by atomic mass is 9.87. The van der Waals surface area contributed by atoms with Crippen molar-refractivity contribution in [3.8, 4) is 0 Å². The topological polar surface area (TPSA) is 47.7 Å². The first kappa shape index (κ1) is 19.5. The van der Waals surface area contributed by atoms with Gasteiger partial charge in [0.2, 0.25) is 0 Å². The Balaban J connectivity index is 2.16. The van der Waals surface area contributed by atoms with Gasteiger partial charge in [-0.1, -0.05) is 84.9 Å². The third-order valence-electron chi connectivity index (χ3n) is 5.53. The van der Waals surface area contributed by atoms with Crippen molar-refractivity contribution in [3.05, 3.63) is 130 Å². The van der Waals surface area contributed by atoms with Crippen molar-refractivity contribution >= 4 is 22.6 Å². The van der Waals surface area contributed by atoms with Gasteiger partial charge in [0.15, 0.2) is 0 Å². The molecule has 2 nitrogen and oxygen atoms in total. The second-order valence-electron chi connectivity index (χ2n) is 7.49. The van der Waals surface area contributed by atoms with Crippen molar-refractivity contribution in [2.45, 2.75) is 13.8 Å². The SMILES string of the molecule is C/C(c1ccccc1)=c1/cccc/c1=C(\C1=CC(=N)C(=N)C=C1)c1ccccc1C. The summed E-state index contributed by atoms with van der Waals surface area (Å²) in [6.07, 6.45) is 5.47. The summed E-state index contributed by atoms with van der Waals surface area (Å²) in [5.41, 5.74) is 7.25. The van der Waals surface area contributed by atoms with E-state index in [9.17, 15) is 0 Å². The molecule has 3 aromatic carbocycles. The lowest BCUT2D eigenvalue weighted by Crippen LogP contribution is -2.30. The number of allylic oxidation sites excluding steroid dienone is 4. The van der Waals surface area contributed by atoms with Crippen LogP contribution in [0.1, 0.15) is 23.6 Å². The van der Waals surface area contributed by atoms with Gasteiger partial charge in [-0.25, -0.2) is 0 Å². The van der Waals surface area contributed by atoms with E-state index in [1.807, 2.05) is 18.2 Å². The Morgan fingerprint density at radius 2 is 1.30 bits per heavy atom. The van der Waals surface area contributed by atoms with Gasteiger partial charge in [-0.3, -0.25) is 10.8 Å². The molecule has 0 amide bonds. The molecule has 1 aliphatic rings. The molecule has 0 atom stereocenters. The number of hydrogen-bond donors (Lipinski definition) is 2. The quantitative estimate of drug-likeness (QED) is 0.597. The Morgan fingerprint density at radius 1 is 0.667 bits per heavy atom. The van der Waals surface area contributed by atoms with Gasteiger partial charge in [-0.15, -0.1) is 0 Å². The minimum absolute atomic E-state index is 0.236. The van der Waals surface area contributed by atoms with Gasteiger partial charge in [0, 0.05) is 0 Å². The Hall–Kier alpha value is -3.78. The van der Waals surface area contributed by atoms with Crippen LogP contribution in [-0.4, -0.2) is 11.4 Å². The van der Waals surface area contributed by atoms with Gasteiger partial charge < -0.3 is 0 Å². The fraction of sp³-hybridized carbons (Fsp3) is 0.0714. The standard InChI is InChI=1S/C28H24N2/c1-19-10-6-7-13-23(19)28(22-16-17-26(29)27(30)18-22)25-15-9-8-14-24(25)20(2)21-11-4-3-5-12-21/h3-18,29-30H,1-2H3/b24-20+,28-25-,29-26?,30-27?. The van der Waals surface area contributed by atoms with Crippen LogP contribution in [0, 0.1) is 17.7 Å². The first-order chi connectivity index (χ1) is 14.6. The van der Waals surface area contributed by atoms with Crippen LogP contribution in [0.5, 0.6) is 0 Å². The molecule has 0 radical (unpaired) electrons. The average molecular weight is 389 g/mol. The predicted octanol–water partition coefficient (Wildman–Crippen LogP) is 4.95. The zero-order valence-electron chi connectivity index (χ0n) is 17.2. The highest BCUT2D eigenvalue weighted by Crippen LogP contribution is 2.26. The van der Waals surface area contributed by atoms with Crippen molar-refractivity contribution in [1.82, 2.24) is 0 Å². The van der Waals surface area contributed by atoms with E-state index in [0.717, 1.165) is 21.9 Å². The molecule has 0 saturated carbocycles. The maximum absolute atomic E-state index is 8.20. The van der Waals surface area contributed by atoms with Crippen molar-refractivity contribution in [1.29, 1.82) is 10.8 Å². The summed E-state index contributed by atoms with van der Waals surface area (Å²) >= 11 is 0. The number of aryl methyl sites for hydroxylation is 1. The molecule has 4 rings (SSSR count). The molecule has 1 aliphatic carbocycles. The summed E-state index contributed by atoms with van der Waals surface area (Å²) in [5, 5.41) is 18.4. The van der Waals surface area contributed by atoms with Gasteiger partial charge in [0.25, 0.3) is 0 Å². The van der Waals surface area contributed by atoms with E-state index in [0.29, 0.717) is 0 Å². The van der Waals surface area contributed by atoms with E-state index >= 15 is 0 Å². The minimum atomic E-state index is 0.236. The number of rotatable bonds is 3. The molecule has 0 aliphatic heterocycles. The summed E-state index contributed by atoms with van der Waals surface area (Å²) < 4.78 is 0. The van der Waals surface area contributed by atoms with Crippen molar-refractivity contribution in [2.24, 2.45) is 0 Å². The van der Waals surface area contributed by atoms with Gasteiger partial charge in [0.05, 0.1) is 11.4 Å². The first-order valence-electron chi connectivity index (χ1n) is 10.1. The Labute approximate surface area is 177 Å². The molecular formula is C28H24N2. The van der Waals surface area contributed by atoms with Crippen LogP contribution in [0.15, 0.2) is 103 Å². The highest BCUT2D eigenvalue weighted by molar-refractivity contribution is 6.49. The summed E-state index contributed by atoms with van der Waals surface area (Å²) in [6, 6.07) is 27.2. The van der Waals surface area contributed by atoms with Crippen LogP contribution in [0.3, 0.4) is 0 Å². The van der Waals surface area contributed by atoms with E-state index in [1.165, 1.54) is 21.9 Å². The van der Waals surface area contributed by atoms with E-state index < -0.39 is 0 Å².